The fourth-order valence-corrected chi connectivity index (χ4v) is 2.81. The lowest BCUT2D eigenvalue weighted by molar-refractivity contribution is 0.501. The van der Waals surface area contributed by atoms with Crippen LogP contribution in [-0.2, 0) is 19.4 Å². The number of nitrogens with zero attached hydrogens (tertiary/aromatic N) is 3. The van der Waals surface area contributed by atoms with E-state index in [2.05, 4.69) is 54.4 Å². The molecular weight excluding hydrogens is 260 g/mol. The molecule has 0 aliphatic heterocycles. The van der Waals surface area contributed by atoms with E-state index in [0.29, 0.717) is 6.04 Å². The molecule has 0 fully saturated rings. The van der Waals surface area contributed by atoms with Crippen LogP contribution in [0.15, 0.2) is 24.5 Å². The van der Waals surface area contributed by atoms with Gasteiger partial charge in [0.1, 0.15) is 12.2 Å². The summed E-state index contributed by atoms with van der Waals surface area (Å²) < 4.78 is 2.02. The zero-order valence-electron chi connectivity index (χ0n) is 13.6. The van der Waals surface area contributed by atoms with E-state index in [-0.39, 0.29) is 0 Å². The highest BCUT2D eigenvalue weighted by atomic mass is 15.3. The van der Waals surface area contributed by atoms with Gasteiger partial charge in [0, 0.05) is 19.0 Å². The second kappa shape index (κ2) is 7.36. The van der Waals surface area contributed by atoms with Crippen LogP contribution in [0.5, 0.6) is 0 Å². The van der Waals surface area contributed by atoms with E-state index in [1.165, 1.54) is 16.7 Å². The van der Waals surface area contributed by atoms with Gasteiger partial charge in [-0.15, -0.1) is 0 Å². The maximum atomic E-state index is 4.41. The van der Waals surface area contributed by atoms with Crippen LogP contribution in [0, 0.1) is 13.8 Å². The molecule has 0 radical (unpaired) electrons. The van der Waals surface area contributed by atoms with Gasteiger partial charge in [0.25, 0.3) is 0 Å². The molecule has 1 aromatic carbocycles. The van der Waals surface area contributed by atoms with E-state index >= 15 is 0 Å². The van der Waals surface area contributed by atoms with Crippen LogP contribution in [0.3, 0.4) is 0 Å². The summed E-state index contributed by atoms with van der Waals surface area (Å²) in [4.78, 5) is 4.41. The van der Waals surface area contributed by atoms with Crippen molar-refractivity contribution >= 4 is 0 Å². The van der Waals surface area contributed by atoms with Crippen LogP contribution in [0.2, 0.25) is 0 Å². The van der Waals surface area contributed by atoms with Crippen molar-refractivity contribution in [2.45, 2.75) is 52.6 Å². The lowest BCUT2D eigenvalue weighted by Crippen LogP contribution is -2.31. The molecule has 1 heterocycles. The van der Waals surface area contributed by atoms with E-state index in [1.807, 2.05) is 11.7 Å². The number of likely N-dealkylation sites (N-methyl/N-ethyl adjacent to an activating group) is 1. The molecule has 21 heavy (non-hydrogen) atoms. The maximum absolute atomic E-state index is 4.41. The Kier molecular flexibility index (Phi) is 5.51. The quantitative estimate of drug-likeness (QED) is 0.851. The van der Waals surface area contributed by atoms with Crippen molar-refractivity contribution in [3.05, 3.63) is 47.0 Å². The van der Waals surface area contributed by atoms with Gasteiger partial charge in [0.05, 0.1) is 0 Å². The van der Waals surface area contributed by atoms with Crippen molar-refractivity contribution < 1.29 is 0 Å². The zero-order valence-corrected chi connectivity index (χ0v) is 13.6. The molecule has 0 spiro atoms. The van der Waals surface area contributed by atoms with E-state index < -0.39 is 0 Å². The Bertz CT molecular complexity index is 554. The average Bonchev–Trinajstić information content (AvgIpc) is 2.84. The Morgan fingerprint density at radius 1 is 1.14 bits per heavy atom. The molecule has 1 atom stereocenters. The van der Waals surface area contributed by atoms with Gasteiger partial charge in [-0.1, -0.05) is 36.2 Å². The molecule has 1 N–H and O–H groups in total. The molecule has 0 amide bonds. The number of aryl methyl sites for hydroxylation is 3. The minimum Gasteiger partial charge on any atom is -0.316 e. The predicted octanol–water partition coefficient (Wildman–Crippen LogP) is 2.68. The third-order valence-corrected chi connectivity index (χ3v) is 3.73. The molecule has 1 unspecified atom stereocenters. The monoisotopic (exact) mass is 286 g/mol. The van der Waals surface area contributed by atoms with E-state index in [0.717, 1.165) is 31.6 Å². The average molecular weight is 286 g/mol. The first-order valence-corrected chi connectivity index (χ1v) is 7.73. The van der Waals surface area contributed by atoms with E-state index in [4.69, 9.17) is 0 Å². The van der Waals surface area contributed by atoms with Crippen LogP contribution < -0.4 is 5.32 Å². The summed E-state index contributed by atoms with van der Waals surface area (Å²) in [5, 5.41) is 7.72. The van der Waals surface area contributed by atoms with Gasteiger partial charge >= 0.3 is 0 Å². The highest BCUT2D eigenvalue weighted by Gasteiger charge is 2.13. The topological polar surface area (TPSA) is 42.7 Å². The molecule has 0 aliphatic rings. The van der Waals surface area contributed by atoms with Crippen molar-refractivity contribution in [3.63, 3.8) is 0 Å². The second-order valence-electron chi connectivity index (χ2n) is 5.79. The largest absolute Gasteiger partial charge is 0.316 e. The van der Waals surface area contributed by atoms with Crippen molar-refractivity contribution in [1.29, 1.82) is 0 Å². The Morgan fingerprint density at radius 2 is 1.86 bits per heavy atom. The lowest BCUT2D eigenvalue weighted by atomic mass is 9.99. The summed E-state index contributed by atoms with van der Waals surface area (Å²) >= 11 is 0. The Labute approximate surface area is 127 Å². The van der Waals surface area contributed by atoms with Crippen molar-refractivity contribution in [3.8, 4) is 0 Å². The van der Waals surface area contributed by atoms with Crippen LogP contribution in [0.25, 0.3) is 0 Å². The lowest BCUT2D eigenvalue weighted by Gasteiger charge is -2.17. The Morgan fingerprint density at radius 3 is 2.48 bits per heavy atom. The minimum atomic E-state index is 0.381. The molecule has 4 nitrogen and oxygen atoms in total. The molecule has 0 saturated carbocycles. The summed E-state index contributed by atoms with van der Waals surface area (Å²) in [6, 6.07) is 7.14. The number of nitrogens with one attached hydrogen (secondary N) is 1. The summed E-state index contributed by atoms with van der Waals surface area (Å²) in [5.41, 5.74) is 4.04. The first-order chi connectivity index (χ1) is 10.1. The predicted molar refractivity (Wildman–Crippen MR) is 86.5 cm³/mol. The SMILES string of the molecule is CCCn1ncnc1CC(Cc1cc(C)cc(C)c1)NC. The summed E-state index contributed by atoms with van der Waals surface area (Å²) in [5.74, 6) is 1.07. The first kappa shape index (κ1) is 15.7. The number of hydrogen-bond acceptors (Lipinski definition) is 3. The van der Waals surface area contributed by atoms with Crippen LogP contribution in [0.1, 0.15) is 35.9 Å². The van der Waals surface area contributed by atoms with Crippen molar-refractivity contribution in [2.75, 3.05) is 7.05 Å². The highest BCUT2D eigenvalue weighted by molar-refractivity contribution is 5.29. The summed E-state index contributed by atoms with van der Waals surface area (Å²) in [7, 11) is 2.02. The fraction of sp³-hybridized carbons (Fsp3) is 0.529. The number of hydrogen-bond donors (Lipinski definition) is 1. The maximum Gasteiger partial charge on any atom is 0.138 e. The second-order valence-corrected chi connectivity index (χ2v) is 5.79. The first-order valence-electron chi connectivity index (χ1n) is 7.73. The van der Waals surface area contributed by atoms with Crippen molar-refractivity contribution in [2.24, 2.45) is 0 Å². The van der Waals surface area contributed by atoms with Gasteiger partial charge < -0.3 is 5.32 Å². The molecule has 0 bridgehead atoms. The van der Waals surface area contributed by atoms with Crippen molar-refractivity contribution in [1.82, 2.24) is 20.1 Å². The van der Waals surface area contributed by atoms with E-state index in [1.54, 1.807) is 6.33 Å². The van der Waals surface area contributed by atoms with E-state index in [9.17, 15) is 0 Å². The van der Waals surface area contributed by atoms with Gasteiger partial charge in [-0.2, -0.15) is 5.10 Å². The number of benzene rings is 1. The number of aromatic nitrogens is 3. The van der Waals surface area contributed by atoms with Crippen LogP contribution in [0.4, 0.5) is 0 Å². The van der Waals surface area contributed by atoms with Crippen LogP contribution >= 0.6 is 0 Å². The summed E-state index contributed by atoms with van der Waals surface area (Å²) in [6.07, 6.45) is 4.66. The fourth-order valence-electron chi connectivity index (χ4n) is 2.81. The molecule has 0 aliphatic carbocycles. The van der Waals surface area contributed by atoms with Gasteiger partial charge in [0.15, 0.2) is 0 Å². The minimum absolute atomic E-state index is 0.381. The molecule has 114 valence electrons. The molecule has 1 aromatic heterocycles. The number of rotatable bonds is 7. The van der Waals surface area contributed by atoms with Gasteiger partial charge in [-0.25, -0.2) is 4.98 Å². The molecular formula is C17H26N4. The summed E-state index contributed by atoms with van der Waals surface area (Å²) in [6.45, 7) is 7.41. The third-order valence-electron chi connectivity index (χ3n) is 3.73. The molecule has 0 saturated heterocycles. The molecule has 4 heteroatoms. The standard InChI is InChI=1S/C17H26N4/c1-5-6-21-17(19-12-20-21)11-16(18-4)10-15-8-13(2)7-14(3)9-15/h7-9,12,16,18H,5-6,10-11H2,1-4H3. The van der Waals surface area contributed by atoms with Gasteiger partial charge in [-0.3, -0.25) is 4.68 Å². The third kappa shape index (κ3) is 4.39. The molecule has 2 rings (SSSR count). The van der Waals surface area contributed by atoms with Gasteiger partial charge in [-0.05, 0) is 39.3 Å². The van der Waals surface area contributed by atoms with Crippen LogP contribution in [-0.4, -0.2) is 27.9 Å². The van der Waals surface area contributed by atoms with Gasteiger partial charge in [0.2, 0.25) is 0 Å². The Hall–Kier alpha value is -1.68. The smallest absolute Gasteiger partial charge is 0.138 e. The normalized spacial score (nSPS) is 12.6. The zero-order chi connectivity index (χ0) is 15.2. The Balaban J connectivity index is 2.07. The highest BCUT2D eigenvalue weighted by Crippen LogP contribution is 2.13. The molecule has 2 aromatic rings.